The average molecular weight is 180 g/mol. The van der Waals surface area contributed by atoms with E-state index in [4.69, 9.17) is 20.1 Å². The molecule has 6 heteroatoms. The minimum absolute atomic E-state index is 0.400. The summed E-state index contributed by atoms with van der Waals surface area (Å²) in [6, 6.07) is 0. The topological polar surface area (TPSA) is 101 Å². The Balaban J connectivity index is 0. The van der Waals surface area contributed by atoms with Gasteiger partial charge in [-0.05, 0) is 6.42 Å². The molecule has 0 aromatic rings. The molecule has 0 radical (unpaired) electrons. The van der Waals surface area contributed by atoms with Crippen molar-refractivity contribution in [2.75, 3.05) is 0 Å². The van der Waals surface area contributed by atoms with E-state index < -0.39 is 14.2 Å². The average Bonchev–Trinajstić information content (AvgIpc) is 1.85. The largest absolute Gasteiger partial charge is 0.692 e. The van der Waals surface area contributed by atoms with Crippen LogP contribution in [0.2, 0.25) is 0 Å². The van der Waals surface area contributed by atoms with Crippen molar-refractivity contribution in [2.45, 2.75) is 13.3 Å². The van der Waals surface area contributed by atoms with E-state index in [-0.39, 0.29) is 0 Å². The first-order valence-corrected chi connectivity index (χ1v) is 3.90. The Labute approximate surface area is 65.5 Å². The van der Waals surface area contributed by atoms with Crippen LogP contribution in [0.5, 0.6) is 0 Å². The van der Waals surface area contributed by atoms with Crippen molar-refractivity contribution in [3.8, 4) is 0 Å². The zero-order valence-electron chi connectivity index (χ0n) is 6.15. The third-order valence-electron chi connectivity index (χ3n) is 0.775. The van der Waals surface area contributed by atoms with Gasteiger partial charge >= 0.3 is 8.25 Å². The number of amides is 1. The number of carbonyl (C=O) groups is 1. The molecule has 0 heterocycles. The fourth-order valence-electron chi connectivity index (χ4n) is 0.174. The molecule has 0 aliphatic rings. The number of carbonyl (C=O) groups excluding carboxylic acids is 1. The molecule has 1 amide bonds. The van der Waals surface area contributed by atoms with Gasteiger partial charge in [-0.15, -0.1) is 9.79 Å². The number of hydrogen-bond donors (Lipinski definition) is 3. The second kappa shape index (κ2) is 7.34. The maximum absolute atomic E-state index is 10.1. The van der Waals surface area contributed by atoms with Crippen molar-refractivity contribution in [1.82, 2.24) is 0 Å². The molecular weight excluding hydrogens is 169 g/mol. The van der Waals surface area contributed by atoms with Crippen LogP contribution in [0.3, 0.4) is 0 Å². The highest BCUT2D eigenvalue weighted by Gasteiger charge is 1.93. The van der Waals surface area contributed by atoms with Crippen LogP contribution in [-0.2, 0) is 9.36 Å². The molecule has 0 aliphatic heterocycles. The van der Waals surface area contributed by atoms with E-state index >= 15 is 0 Å². The van der Waals surface area contributed by atoms with Crippen molar-refractivity contribution in [3.63, 3.8) is 0 Å². The summed E-state index contributed by atoms with van der Waals surface area (Å²) in [6.45, 7) is 5.24. The summed E-state index contributed by atoms with van der Waals surface area (Å²) in [5.74, 6) is -0.400. The lowest BCUT2D eigenvalue weighted by Gasteiger charge is -1.89. The van der Waals surface area contributed by atoms with Crippen molar-refractivity contribution in [2.24, 2.45) is 5.73 Å². The Morgan fingerprint density at radius 2 is 1.91 bits per heavy atom. The third-order valence-corrected chi connectivity index (χ3v) is 0.775. The highest BCUT2D eigenvalue weighted by molar-refractivity contribution is 7.30. The second-order valence-electron chi connectivity index (χ2n) is 1.57. The molecule has 0 fully saturated rings. The fraction of sp³-hybridized carbons (Fsp3) is 0.400. The van der Waals surface area contributed by atoms with Crippen LogP contribution in [0.4, 0.5) is 0 Å². The summed E-state index contributed by atoms with van der Waals surface area (Å²) in [6.07, 6.45) is 0.648. The van der Waals surface area contributed by atoms with Crippen molar-refractivity contribution >= 4 is 14.2 Å². The molecule has 0 saturated heterocycles. The van der Waals surface area contributed by atoms with E-state index in [1.807, 2.05) is 6.92 Å². The van der Waals surface area contributed by atoms with E-state index in [1.54, 1.807) is 0 Å². The SMILES string of the molecule is C=C(CC)C(N)=O.O=[P+](O)O. The molecule has 0 rings (SSSR count). The monoisotopic (exact) mass is 180 g/mol. The normalized spacial score (nSPS) is 7.55. The lowest BCUT2D eigenvalue weighted by molar-refractivity contribution is -0.114. The summed E-state index contributed by atoms with van der Waals surface area (Å²) in [7, 11) is -2.87. The van der Waals surface area contributed by atoms with Crippen LogP contribution in [0.1, 0.15) is 13.3 Å². The molecule has 0 saturated carbocycles. The Hall–Kier alpha value is -0.770. The molecule has 0 bridgehead atoms. The minimum Gasteiger partial charge on any atom is -0.366 e. The van der Waals surface area contributed by atoms with Gasteiger partial charge in [-0.1, -0.05) is 13.5 Å². The van der Waals surface area contributed by atoms with Crippen LogP contribution in [0.25, 0.3) is 0 Å². The van der Waals surface area contributed by atoms with Crippen LogP contribution >= 0.6 is 8.25 Å². The highest BCUT2D eigenvalue weighted by Crippen LogP contribution is 1.98. The van der Waals surface area contributed by atoms with Crippen LogP contribution in [0.15, 0.2) is 12.2 Å². The predicted molar refractivity (Wildman–Crippen MR) is 40.7 cm³/mol. The number of primary amides is 1. The Morgan fingerprint density at radius 1 is 1.64 bits per heavy atom. The molecule has 0 aliphatic carbocycles. The van der Waals surface area contributed by atoms with Gasteiger partial charge in [-0.3, -0.25) is 4.79 Å². The Kier molecular flexibility index (Phi) is 8.58. The fourth-order valence-corrected chi connectivity index (χ4v) is 0.174. The van der Waals surface area contributed by atoms with Crippen molar-refractivity contribution in [3.05, 3.63) is 12.2 Å². The van der Waals surface area contributed by atoms with Gasteiger partial charge in [0, 0.05) is 10.1 Å². The first kappa shape index (κ1) is 12.9. The predicted octanol–water partition coefficient (Wildman–Crippen LogP) is 0.0663. The van der Waals surface area contributed by atoms with Gasteiger partial charge in [0.15, 0.2) is 0 Å². The molecule has 0 atom stereocenters. The van der Waals surface area contributed by atoms with Crippen molar-refractivity contribution < 1.29 is 19.1 Å². The lowest BCUT2D eigenvalue weighted by Crippen LogP contribution is -2.11. The van der Waals surface area contributed by atoms with Gasteiger partial charge in [-0.25, -0.2) is 0 Å². The third kappa shape index (κ3) is 17.6. The maximum Gasteiger partial charge on any atom is 0.692 e. The van der Waals surface area contributed by atoms with Crippen LogP contribution in [-0.4, -0.2) is 15.7 Å². The maximum atomic E-state index is 10.1. The highest BCUT2D eigenvalue weighted by atomic mass is 31.1. The molecular formula is C5H11NO4P+. The van der Waals surface area contributed by atoms with Crippen LogP contribution in [0, 0.1) is 0 Å². The van der Waals surface area contributed by atoms with E-state index in [2.05, 4.69) is 6.58 Å². The number of nitrogens with two attached hydrogens (primary N) is 1. The van der Waals surface area contributed by atoms with Gasteiger partial charge in [0.2, 0.25) is 5.91 Å². The Morgan fingerprint density at radius 3 is 1.91 bits per heavy atom. The van der Waals surface area contributed by atoms with Crippen molar-refractivity contribution in [1.29, 1.82) is 0 Å². The van der Waals surface area contributed by atoms with E-state index in [1.165, 1.54) is 0 Å². The second-order valence-corrected chi connectivity index (χ2v) is 2.08. The zero-order chi connectivity index (χ0) is 9.44. The lowest BCUT2D eigenvalue weighted by atomic mass is 10.2. The smallest absolute Gasteiger partial charge is 0.366 e. The molecule has 0 unspecified atom stereocenters. The minimum atomic E-state index is -2.87. The van der Waals surface area contributed by atoms with Gasteiger partial charge < -0.3 is 5.73 Å². The summed E-state index contributed by atoms with van der Waals surface area (Å²) < 4.78 is 8.70. The molecule has 11 heavy (non-hydrogen) atoms. The molecule has 4 N–H and O–H groups in total. The molecule has 64 valence electrons. The van der Waals surface area contributed by atoms with E-state index in [9.17, 15) is 4.79 Å². The quantitative estimate of drug-likeness (QED) is 0.413. The van der Waals surface area contributed by atoms with Gasteiger partial charge in [-0.2, -0.15) is 0 Å². The molecule has 5 nitrogen and oxygen atoms in total. The van der Waals surface area contributed by atoms with Crippen LogP contribution < -0.4 is 5.73 Å². The summed E-state index contributed by atoms with van der Waals surface area (Å²) >= 11 is 0. The number of rotatable bonds is 2. The van der Waals surface area contributed by atoms with E-state index in [0.29, 0.717) is 12.0 Å². The van der Waals surface area contributed by atoms with E-state index in [0.717, 1.165) is 0 Å². The molecule has 0 aromatic heterocycles. The zero-order valence-corrected chi connectivity index (χ0v) is 7.04. The summed E-state index contributed by atoms with van der Waals surface area (Å²) in [5.41, 5.74) is 5.29. The summed E-state index contributed by atoms with van der Waals surface area (Å²) in [4.78, 5) is 24.3. The molecule has 0 aromatic carbocycles. The number of hydrogen-bond acceptors (Lipinski definition) is 2. The standard InChI is InChI=1S/C5H9NO.HO3P/c1-3-4(2)5(6)7;1-4(2)3/h2-3H2,1H3,(H2,6,7);(H-,1,2,3)/p+1. The molecule has 0 spiro atoms. The van der Waals surface area contributed by atoms with Gasteiger partial charge in [0.1, 0.15) is 0 Å². The first-order chi connectivity index (χ1) is 4.91. The van der Waals surface area contributed by atoms with Gasteiger partial charge in [0.25, 0.3) is 0 Å². The Bertz CT molecular complexity index is 164. The summed E-state index contributed by atoms with van der Waals surface area (Å²) in [5, 5.41) is 0. The van der Waals surface area contributed by atoms with Gasteiger partial charge in [0.05, 0.1) is 0 Å². The first-order valence-electron chi connectivity index (χ1n) is 2.74.